The molecule has 3 fully saturated rings. The van der Waals surface area contributed by atoms with Gasteiger partial charge in [-0.3, -0.25) is 4.90 Å². The van der Waals surface area contributed by atoms with Crippen LogP contribution in [0, 0.1) is 0 Å². The van der Waals surface area contributed by atoms with E-state index in [9.17, 15) is 0 Å². The van der Waals surface area contributed by atoms with E-state index in [1.807, 2.05) is 0 Å². The molecule has 1 saturated carbocycles. The van der Waals surface area contributed by atoms with E-state index in [0.29, 0.717) is 6.10 Å². The van der Waals surface area contributed by atoms with Crippen molar-refractivity contribution in [3.63, 3.8) is 0 Å². The third kappa shape index (κ3) is 3.55. The van der Waals surface area contributed by atoms with Crippen LogP contribution in [0.15, 0.2) is 0 Å². The normalized spacial score (nSPS) is 33.3. The number of ether oxygens (including phenoxy) is 1. The Labute approximate surface area is 124 Å². The van der Waals surface area contributed by atoms with E-state index in [1.54, 1.807) is 0 Å². The van der Waals surface area contributed by atoms with Crippen molar-refractivity contribution >= 4 is 0 Å². The van der Waals surface area contributed by atoms with E-state index in [-0.39, 0.29) is 5.60 Å². The van der Waals surface area contributed by atoms with Gasteiger partial charge in [-0.05, 0) is 51.6 Å². The van der Waals surface area contributed by atoms with Crippen molar-refractivity contribution in [1.82, 2.24) is 10.2 Å². The van der Waals surface area contributed by atoms with Gasteiger partial charge in [-0.1, -0.05) is 26.2 Å². The first-order valence-electron chi connectivity index (χ1n) is 8.93. The van der Waals surface area contributed by atoms with Crippen molar-refractivity contribution in [1.29, 1.82) is 0 Å². The van der Waals surface area contributed by atoms with Crippen molar-refractivity contribution in [2.45, 2.75) is 82.5 Å². The Morgan fingerprint density at radius 3 is 2.60 bits per heavy atom. The van der Waals surface area contributed by atoms with E-state index in [1.165, 1.54) is 70.9 Å². The molecule has 0 aromatic carbocycles. The number of hydrogen-bond acceptors (Lipinski definition) is 3. The average molecular weight is 280 g/mol. The largest absolute Gasteiger partial charge is 0.370 e. The summed E-state index contributed by atoms with van der Waals surface area (Å²) in [7, 11) is 0. The molecule has 2 atom stereocenters. The zero-order chi connectivity index (χ0) is 13.8. The van der Waals surface area contributed by atoms with Crippen LogP contribution in [0.4, 0.5) is 0 Å². The molecule has 1 spiro atoms. The Hall–Kier alpha value is -0.120. The zero-order valence-electron chi connectivity index (χ0n) is 13.2. The quantitative estimate of drug-likeness (QED) is 0.838. The number of hydrogen-bond donors (Lipinski definition) is 1. The summed E-state index contributed by atoms with van der Waals surface area (Å²) in [6.07, 6.45) is 12.6. The second-order valence-electron chi connectivity index (χ2n) is 7.17. The summed E-state index contributed by atoms with van der Waals surface area (Å²) in [6.45, 7) is 7.02. The summed E-state index contributed by atoms with van der Waals surface area (Å²) in [6, 6.07) is 0.722. The fourth-order valence-corrected chi connectivity index (χ4v) is 4.43. The third-order valence-electron chi connectivity index (χ3n) is 5.65. The van der Waals surface area contributed by atoms with Crippen molar-refractivity contribution < 1.29 is 4.74 Å². The number of rotatable bonds is 5. The lowest BCUT2D eigenvalue weighted by atomic mass is 9.83. The molecule has 0 aromatic rings. The van der Waals surface area contributed by atoms with E-state index in [0.717, 1.165) is 19.1 Å². The molecule has 3 heteroatoms. The first kappa shape index (κ1) is 14.8. The van der Waals surface area contributed by atoms with Crippen molar-refractivity contribution in [2.24, 2.45) is 0 Å². The van der Waals surface area contributed by atoms with Gasteiger partial charge in [-0.25, -0.2) is 0 Å². The Balaban J connectivity index is 1.46. The molecule has 20 heavy (non-hydrogen) atoms. The second-order valence-corrected chi connectivity index (χ2v) is 7.17. The highest BCUT2D eigenvalue weighted by Gasteiger charge is 2.41. The van der Waals surface area contributed by atoms with E-state index in [2.05, 4.69) is 17.1 Å². The monoisotopic (exact) mass is 280 g/mol. The minimum absolute atomic E-state index is 0.286. The lowest BCUT2D eigenvalue weighted by Gasteiger charge is -2.34. The van der Waals surface area contributed by atoms with Crippen molar-refractivity contribution in [3.8, 4) is 0 Å². The lowest BCUT2D eigenvalue weighted by Crippen LogP contribution is -2.42. The number of nitrogens with zero attached hydrogens (tertiary/aromatic N) is 1. The highest BCUT2D eigenvalue weighted by Crippen LogP contribution is 2.42. The van der Waals surface area contributed by atoms with Crippen LogP contribution < -0.4 is 5.32 Å². The van der Waals surface area contributed by atoms with Crippen LogP contribution in [-0.2, 0) is 4.74 Å². The molecule has 2 unspecified atom stereocenters. The lowest BCUT2D eigenvalue weighted by molar-refractivity contribution is -0.0718. The van der Waals surface area contributed by atoms with Gasteiger partial charge in [0.05, 0.1) is 11.7 Å². The molecule has 2 aliphatic heterocycles. The fraction of sp³-hybridized carbons (Fsp3) is 1.00. The first-order chi connectivity index (χ1) is 9.80. The molecule has 1 N–H and O–H groups in total. The van der Waals surface area contributed by atoms with Crippen LogP contribution in [0.3, 0.4) is 0 Å². The van der Waals surface area contributed by atoms with Crippen LogP contribution in [0.2, 0.25) is 0 Å². The third-order valence-corrected chi connectivity index (χ3v) is 5.65. The van der Waals surface area contributed by atoms with Crippen LogP contribution in [0.1, 0.15) is 64.7 Å². The Kier molecular flexibility index (Phi) is 5.00. The van der Waals surface area contributed by atoms with Gasteiger partial charge in [0.25, 0.3) is 0 Å². The summed E-state index contributed by atoms with van der Waals surface area (Å²) in [4.78, 5) is 2.61. The molecule has 3 rings (SSSR count). The average Bonchev–Trinajstić information content (AvgIpc) is 3.10. The van der Waals surface area contributed by atoms with Crippen molar-refractivity contribution in [3.05, 3.63) is 0 Å². The minimum Gasteiger partial charge on any atom is -0.370 e. The molecule has 1 aliphatic carbocycles. The summed E-state index contributed by atoms with van der Waals surface area (Å²) in [5, 5.41) is 3.62. The molecule has 3 nitrogen and oxygen atoms in total. The molecule has 116 valence electrons. The van der Waals surface area contributed by atoms with Gasteiger partial charge in [0, 0.05) is 19.1 Å². The molecule has 0 bridgehead atoms. The first-order valence-corrected chi connectivity index (χ1v) is 8.93. The zero-order valence-corrected chi connectivity index (χ0v) is 13.2. The van der Waals surface area contributed by atoms with Crippen molar-refractivity contribution in [2.75, 3.05) is 26.2 Å². The summed E-state index contributed by atoms with van der Waals surface area (Å²) in [5.74, 6) is 0. The standard InChI is InChI=1S/C17H32N2O/c1-2-19(13-15-7-6-12-18-15)14-16-8-11-17(20-16)9-4-3-5-10-17/h15-16,18H,2-14H2,1H3. The Morgan fingerprint density at radius 2 is 1.90 bits per heavy atom. The SMILES string of the molecule is CCN(CC1CCCN1)CC1CCC2(CCCCC2)O1. The minimum atomic E-state index is 0.286. The van der Waals surface area contributed by atoms with Crippen LogP contribution in [0.5, 0.6) is 0 Å². The Bertz CT molecular complexity index is 295. The molecule has 2 saturated heterocycles. The molecular formula is C17H32N2O. The molecule has 0 radical (unpaired) electrons. The molecular weight excluding hydrogens is 248 g/mol. The highest BCUT2D eigenvalue weighted by atomic mass is 16.5. The van der Waals surface area contributed by atoms with Gasteiger partial charge in [-0.15, -0.1) is 0 Å². The van der Waals surface area contributed by atoms with E-state index in [4.69, 9.17) is 4.74 Å². The summed E-state index contributed by atoms with van der Waals surface area (Å²) in [5.41, 5.74) is 0.286. The maximum atomic E-state index is 6.52. The van der Waals surface area contributed by atoms with Gasteiger partial charge in [0.2, 0.25) is 0 Å². The highest BCUT2D eigenvalue weighted by molar-refractivity contribution is 4.92. The number of nitrogens with one attached hydrogen (secondary N) is 1. The van der Waals surface area contributed by atoms with Gasteiger partial charge in [0.15, 0.2) is 0 Å². The smallest absolute Gasteiger partial charge is 0.0710 e. The molecule has 0 aromatic heterocycles. The predicted octanol–water partition coefficient (Wildman–Crippen LogP) is 2.94. The summed E-state index contributed by atoms with van der Waals surface area (Å²) < 4.78 is 6.52. The maximum absolute atomic E-state index is 6.52. The Morgan fingerprint density at radius 1 is 1.05 bits per heavy atom. The van der Waals surface area contributed by atoms with Gasteiger partial charge in [0.1, 0.15) is 0 Å². The van der Waals surface area contributed by atoms with Gasteiger partial charge < -0.3 is 10.1 Å². The predicted molar refractivity (Wildman–Crippen MR) is 83.1 cm³/mol. The second kappa shape index (κ2) is 6.76. The van der Waals surface area contributed by atoms with E-state index < -0.39 is 0 Å². The van der Waals surface area contributed by atoms with Gasteiger partial charge >= 0.3 is 0 Å². The van der Waals surface area contributed by atoms with E-state index >= 15 is 0 Å². The van der Waals surface area contributed by atoms with Crippen LogP contribution in [-0.4, -0.2) is 48.8 Å². The molecule has 0 amide bonds. The molecule has 3 aliphatic rings. The fourth-order valence-electron chi connectivity index (χ4n) is 4.43. The number of likely N-dealkylation sites (N-methyl/N-ethyl adjacent to an activating group) is 1. The topological polar surface area (TPSA) is 24.5 Å². The molecule has 2 heterocycles. The van der Waals surface area contributed by atoms with Crippen LogP contribution in [0.25, 0.3) is 0 Å². The van der Waals surface area contributed by atoms with Gasteiger partial charge in [-0.2, -0.15) is 0 Å². The van der Waals surface area contributed by atoms with Crippen LogP contribution >= 0.6 is 0 Å². The maximum Gasteiger partial charge on any atom is 0.0710 e. The summed E-state index contributed by atoms with van der Waals surface area (Å²) >= 11 is 0.